The van der Waals surface area contributed by atoms with E-state index in [0.29, 0.717) is 11.5 Å². The van der Waals surface area contributed by atoms with Crippen LogP contribution in [0.4, 0.5) is 0 Å². The van der Waals surface area contributed by atoms with E-state index in [2.05, 4.69) is 42.5 Å². The van der Waals surface area contributed by atoms with Crippen molar-refractivity contribution in [2.45, 2.75) is 33.7 Å². The Kier molecular flexibility index (Phi) is 5.65. The van der Waals surface area contributed by atoms with E-state index in [0.717, 1.165) is 22.4 Å². The molecule has 27 heavy (non-hydrogen) atoms. The number of hydrogen-bond acceptors (Lipinski definition) is 4. The van der Waals surface area contributed by atoms with Gasteiger partial charge in [0.25, 0.3) is 5.91 Å². The third-order valence-electron chi connectivity index (χ3n) is 4.45. The molecule has 6 heteroatoms. The first-order valence-electron chi connectivity index (χ1n) is 8.85. The zero-order valence-corrected chi connectivity index (χ0v) is 17.1. The van der Waals surface area contributed by atoms with Gasteiger partial charge in [0.05, 0.1) is 30.9 Å². The van der Waals surface area contributed by atoms with Gasteiger partial charge in [-0.2, -0.15) is 4.99 Å². The van der Waals surface area contributed by atoms with Crippen LogP contribution < -0.4 is 14.3 Å². The molecule has 3 aromatic rings. The standard InChI is InChI=1S/C21H24N2O3S/c1-6-23-16-10-13(2)9-14(3)20(16)27-21(23)22-19(24)12-15-7-8-17(25-4)18(11-15)26-5/h7-11H,6,12H2,1-5H3. The van der Waals surface area contributed by atoms with Crippen molar-refractivity contribution in [2.75, 3.05) is 14.2 Å². The van der Waals surface area contributed by atoms with E-state index in [4.69, 9.17) is 9.47 Å². The topological polar surface area (TPSA) is 52.8 Å². The molecule has 1 aromatic heterocycles. The molecule has 0 aliphatic heterocycles. The van der Waals surface area contributed by atoms with Crippen LogP contribution in [0.5, 0.6) is 11.5 Å². The predicted molar refractivity (Wildman–Crippen MR) is 109 cm³/mol. The molecule has 0 unspecified atom stereocenters. The zero-order chi connectivity index (χ0) is 19.6. The number of aromatic nitrogens is 1. The number of nitrogens with zero attached hydrogens (tertiary/aromatic N) is 2. The highest BCUT2D eigenvalue weighted by atomic mass is 32.1. The number of ether oxygens (including phenoxy) is 2. The summed E-state index contributed by atoms with van der Waals surface area (Å²) in [7, 11) is 3.17. The number of amides is 1. The van der Waals surface area contributed by atoms with Gasteiger partial charge < -0.3 is 14.0 Å². The molecule has 0 atom stereocenters. The lowest BCUT2D eigenvalue weighted by molar-refractivity contribution is -0.117. The normalized spacial score (nSPS) is 11.8. The summed E-state index contributed by atoms with van der Waals surface area (Å²) >= 11 is 1.57. The fourth-order valence-corrected chi connectivity index (χ4v) is 4.38. The Morgan fingerprint density at radius 3 is 2.52 bits per heavy atom. The van der Waals surface area contributed by atoms with Gasteiger partial charge in [0.2, 0.25) is 0 Å². The lowest BCUT2D eigenvalue weighted by Crippen LogP contribution is -2.16. The number of thiazole rings is 1. The van der Waals surface area contributed by atoms with Crippen molar-refractivity contribution in [3.63, 3.8) is 0 Å². The molecule has 0 radical (unpaired) electrons. The molecule has 0 N–H and O–H groups in total. The summed E-state index contributed by atoms with van der Waals surface area (Å²) < 4.78 is 13.8. The van der Waals surface area contributed by atoms with Gasteiger partial charge in [0, 0.05) is 6.54 Å². The van der Waals surface area contributed by atoms with Crippen LogP contribution in [-0.4, -0.2) is 24.7 Å². The summed E-state index contributed by atoms with van der Waals surface area (Å²) in [6.45, 7) is 7.03. The Labute approximate surface area is 162 Å². The molecule has 0 bridgehead atoms. The highest BCUT2D eigenvalue weighted by Gasteiger charge is 2.11. The van der Waals surface area contributed by atoms with E-state index in [9.17, 15) is 4.79 Å². The third-order valence-corrected chi connectivity index (χ3v) is 5.68. The Hall–Kier alpha value is -2.60. The predicted octanol–water partition coefficient (Wildman–Crippen LogP) is 4.03. The molecule has 0 aliphatic carbocycles. The summed E-state index contributed by atoms with van der Waals surface area (Å²) in [6.07, 6.45) is 0.219. The Bertz CT molecular complexity index is 1060. The third kappa shape index (κ3) is 3.90. The molecule has 0 spiro atoms. The first kappa shape index (κ1) is 19.2. The molecule has 0 aliphatic rings. The van der Waals surface area contributed by atoms with Crippen LogP contribution in [0.15, 0.2) is 35.3 Å². The minimum Gasteiger partial charge on any atom is -0.493 e. The Morgan fingerprint density at radius 2 is 1.85 bits per heavy atom. The first-order chi connectivity index (χ1) is 13.0. The minimum atomic E-state index is -0.176. The molecule has 0 fully saturated rings. The molecular formula is C21H24N2O3S. The van der Waals surface area contributed by atoms with Crippen LogP contribution in [0.3, 0.4) is 0 Å². The molecular weight excluding hydrogens is 360 g/mol. The van der Waals surface area contributed by atoms with Crippen LogP contribution in [0, 0.1) is 13.8 Å². The van der Waals surface area contributed by atoms with E-state index in [1.54, 1.807) is 31.6 Å². The number of benzene rings is 2. The molecule has 5 nitrogen and oxygen atoms in total. The molecule has 3 rings (SSSR count). The molecule has 2 aromatic carbocycles. The van der Waals surface area contributed by atoms with Gasteiger partial charge in [-0.05, 0) is 55.7 Å². The van der Waals surface area contributed by atoms with Gasteiger partial charge in [-0.1, -0.05) is 23.5 Å². The van der Waals surface area contributed by atoms with Crippen molar-refractivity contribution in [2.24, 2.45) is 4.99 Å². The lowest BCUT2D eigenvalue weighted by Gasteiger charge is -2.08. The summed E-state index contributed by atoms with van der Waals surface area (Å²) in [5.74, 6) is 1.08. The van der Waals surface area contributed by atoms with Crippen LogP contribution in [0.2, 0.25) is 0 Å². The average molecular weight is 385 g/mol. The van der Waals surface area contributed by atoms with E-state index in [1.807, 2.05) is 12.1 Å². The number of hydrogen-bond donors (Lipinski definition) is 0. The number of fused-ring (bicyclic) bond motifs is 1. The van der Waals surface area contributed by atoms with Crippen molar-refractivity contribution < 1.29 is 14.3 Å². The second kappa shape index (κ2) is 7.96. The fourth-order valence-electron chi connectivity index (χ4n) is 3.21. The Balaban J connectivity index is 1.97. The van der Waals surface area contributed by atoms with Crippen molar-refractivity contribution >= 4 is 27.5 Å². The number of carbonyl (C=O) groups excluding carboxylic acids is 1. The molecule has 1 heterocycles. The van der Waals surface area contributed by atoms with Gasteiger partial charge in [-0.25, -0.2) is 0 Å². The van der Waals surface area contributed by atoms with E-state index < -0.39 is 0 Å². The molecule has 1 amide bonds. The van der Waals surface area contributed by atoms with Crippen LogP contribution >= 0.6 is 11.3 Å². The van der Waals surface area contributed by atoms with Gasteiger partial charge in [-0.15, -0.1) is 0 Å². The lowest BCUT2D eigenvalue weighted by atomic mass is 10.1. The zero-order valence-electron chi connectivity index (χ0n) is 16.3. The summed E-state index contributed by atoms with van der Waals surface area (Å²) in [5.41, 5.74) is 4.41. The smallest absolute Gasteiger partial charge is 0.252 e. The SMILES string of the molecule is CCn1c(=NC(=O)Cc2ccc(OC)c(OC)c2)sc2c(C)cc(C)cc21. The fraction of sp³-hybridized carbons (Fsp3) is 0.333. The van der Waals surface area contributed by atoms with Gasteiger partial charge in [0.1, 0.15) is 0 Å². The second-order valence-electron chi connectivity index (χ2n) is 6.43. The summed E-state index contributed by atoms with van der Waals surface area (Å²) in [4.78, 5) is 17.7. The Morgan fingerprint density at radius 1 is 1.11 bits per heavy atom. The minimum absolute atomic E-state index is 0.176. The number of carbonyl (C=O) groups is 1. The quantitative estimate of drug-likeness (QED) is 0.667. The second-order valence-corrected chi connectivity index (χ2v) is 7.41. The van der Waals surface area contributed by atoms with Gasteiger partial charge >= 0.3 is 0 Å². The largest absolute Gasteiger partial charge is 0.493 e. The van der Waals surface area contributed by atoms with Gasteiger partial charge in [-0.3, -0.25) is 4.79 Å². The monoisotopic (exact) mass is 384 g/mol. The van der Waals surface area contributed by atoms with E-state index >= 15 is 0 Å². The molecule has 0 saturated heterocycles. The van der Waals surface area contributed by atoms with E-state index in [-0.39, 0.29) is 12.3 Å². The maximum absolute atomic E-state index is 12.6. The van der Waals surface area contributed by atoms with E-state index in [1.165, 1.54) is 15.8 Å². The number of aryl methyl sites for hydroxylation is 3. The van der Waals surface area contributed by atoms with Crippen LogP contribution in [-0.2, 0) is 17.8 Å². The number of methoxy groups -OCH3 is 2. The van der Waals surface area contributed by atoms with Crippen molar-refractivity contribution in [1.82, 2.24) is 4.57 Å². The highest BCUT2D eigenvalue weighted by Crippen LogP contribution is 2.28. The highest BCUT2D eigenvalue weighted by molar-refractivity contribution is 7.16. The first-order valence-corrected chi connectivity index (χ1v) is 9.67. The molecule has 142 valence electrons. The van der Waals surface area contributed by atoms with Gasteiger partial charge in [0.15, 0.2) is 16.3 Å². The van der Waals surface area contributed by atoms with Crippen molar-refractivity contribution in [3.8, 4) is 11.5 Å². The summed E-state index contributed by atoms with van der Waals surface area (Å²) in [5, 5.41) is 0. The van der Waals surface area contributed by atoms with Crippen LogP contribution in [0.1, 0.15) is 23.6 Å². The van der Waals surface area contributed by atoms with Crippen molar-refractivity contribution in [3.05, 3.63) is 51.8 Å². The average Bonchev–Trinajstić information content (AvgIpc) is 2.98. The van der Waals surface area contributed by atoms with Crippen molar-refractivity contribution in [1.29, 1.82) is 0 Å². The molecule has 0 saturated carbocycles. The summed E-state index contributed by atoms with van der Waals surface area (Å²) in [6, 6.07) is 9.80. The maximum atomic E-state index is 12.6. The maximum Gasteiger partial charge on any atom is 0.252 e. The van der Waals surface area contributed by atoms with Crippen LogP contribution in [0.25, 0.3) is 10.2 Å². The number of rotatable bonds is 5.